The Morgan fingerprint density at radius 2 is 1.51 bits per heavy atom. The molecular weight excluding hydrogens is 542 g/mol. The summed E-state index contributed by atoms with van der Waals surface area (Å²) >= 11 is 0. The molecule has 9 heteroatoms. The van der Waals surface area contributed by atoms with E-state index in [1.807, 2.05) is 36.4 Å². The van der Waals surface area contributed by atoms with Crippen LogP contribution < -0.4 is 25.2 Å². The van der Waals surface area contributed by atoms with Crippen molar-refractivity contribution in [2.75, 3.05) is 87.8 Å². The van der Waals surface area contributed by atoms with Crippen LogP contribution in [0.15, 0.2) is 42.5 Å². The van der Waals surface area contributed by atoms with Crippen LogP contribution in [-0.2, 0) is 9.53 Å². The van der Waals surface area contributed by atoms with Crippen molar-refractivity contribution in [1.82, 2.24) is 10.2 Å². The van der Waals surface area contributed by atoms with Crippen molar-refractivity contribution in [1.29, 1.82) is 0 Å². The standard InChI is InChI=1S/C34H51N5O4/c1-3-4-5-6-7-8-9-14-33(40)36-28-15-16-30(29(27-28)34(41)35-17-18-37-23-25-43-26-24-37)38-19-21-39(22-20-38)31-12-10-11-13-32(31)42-2/h10-13,15-16,27H,3-9,14,17-26H2,1-2H3,(H,35,41)(H,36,40). The van der Waals surface area contributed by atoms with E-state index in [9.17, 15) is 9.59 Å². The molecule has 0 aliphatic carbocycles. The normalized spacial score (nSPS) is 15.8. The van der Waals surface area contributed by atoms with E-state index in [1.165, 1.54) is 32.1 Å². The van der Waals surface area contributed by atoms with Crippen LogP contribution in [0, 0.1) is 0 Å². The lowest BCUT2D eigenvalue weighted by Crippen LogP contribution is -2.47. The summed E-state index contributed by atoms with van der Waals surface area (Å²) in [5, 5.41) is 6.18. The third kappa shape index (κ3) is 10.1. The van der Waals surface area contributed by atoms with Gasteiger partial charge in [0.1, 0.15) is 5.75 Å². The number of methoxy groups -OCH3 is 1. The Kier molecular flexibility index (Phi) is 13.4. The van der Waals surface area contributed by atoms with Crippen molar-refractivity contribution in [3.05, 3.63) is 48.0 Å². The number of hydrogen-bond donors (Lipinski definition) is 2. The van der Waals surface area contributed by atoms with Gasteiger partial charge >= 0.3 is 0 Å². The van der Waals surface area contributed by atoms with Gasteiger partial charge in [-0.3, -0.25) is 14.5 Å². The van der Waals surface area contributed by atoms with Crippen molar-refractivity contribution in [3.8, 4) is 5.75 Å². The van der Waals surface area contributed by atoms with Gasteiger partial charge in [0, 0.05) is 70.2 Å². The van der Waals surface area contributed by atoms with Crippen LogP contribution in [0.4, 0.5) is 17.1 Å². The maximum absolute atomic E-state index is 13.6. The highest BCUT2D eigenvalue weighted by Crippen LogP contribution is 2.31. The molecule has 0 spiro atoms. The molecule has 2 heterocycles. The fraction of sp³-hybridized carbons (Fsp3) is 0.588. The molecule has 0 radical (unpaired) electrons. The molecule has 2 saturated heterocycles. The second-order valence-electron chi connectivity index (χ2n) is 11.5. The van der Waals surface area contributed by atoms with Gasteiger partial charge in [0.05, 0.1) is 31.6 Å². The van der Waals surface area contributed by atoms with E-state index >= 15 is 0 Å². The largest absolute Gasteiger partial charge is 0.495 e. The van der Waals surface area contributed by atoms with Crippen LogP contribution in [-0.4, -0.2) is 89.4 Å². The number of carbonyl (C=O) groups is 2. The summed E-state index contributed by atoms with van der Waals surface area (Å²) in [4.78, 5) is 33.2. The molecule has 2 amide bonds. The summed E-state index contributed by atoms with van der Waals surface area (Å²) in [7, 11) is 1.70. The van der Waals surface area contributed by atoms with Gasteiger partial charge in [-0.25, -0.2) is 0 Å². The molecule has 236 valence electrons. The summed E-state index contributed by atoms with van der Waals surface area (Å²) in [6.07, 6.45) is 8.71. The number of para-hydroxylation sites is 2. The van der Waals surface area contributed by atoms with Gasteiger partial charge in [-0.1, -0.05) is 57.6 Å². The molecule has 2 aliphatic rings. The van der Waals surface area contributed by atoms with E-state index in [0.29, 0.717) is 24.2 Å². The van der Waals surface area contributed by atoms with Gasteiger partial charge in [0.15, 0.2) is 0 Å². The van der Waals surface area contributed by atoms with Crippen molar-refractivity contribution in [2.24, 2.45) is 0 Å². The third-order valence-corrected chi connectivity index (χ3v) is 8.40. The Hall–Kier alpha value is -3.30. The van der Waals surface area contributed by atoms with Gasteiger partial charge in [-0.15, -0.1) is 0 Å². The van der Waals surface area contributed by atoms with Crippen LogP contribution >= 0.6 is 0 Å². The first-order chi connectivity index (χ1) is 21.1. The molecule has 2 aromatic rings. The summed E-state index contributed by atoms with van der Waals surface area (Å²) < 4.78 is 11.0. The van der Waals surface area contributed by atoms with Crippen molar-refractivity contribution >= 4 is 28.9 Å². The van der Waals surface area contributed by atoms with Crippen molar-refractivity contribution < 1.29 is 19.1 Å². The number of nitrogens with zero attached hydrogens (tertiary/aromatic N) is 3. The molecule has 0 bridgehead atoms. The number of unbranched alkanes of at least 4 members (excludes halogenated alkanes) is 6. The second-order valence-corrected chi connectivity index (χ2v) is 11.5. The highest BCUT2D eigenvalue weighted by atomic mass is 16.5. The summed E-state index contributed by atoms with van der Waals surface area (Å²) in [6.45, 7) is 10.00. The number of benzene rings is 2. The monoisotopic (exact) mass is 593 g/mol. The smallest absolute Gasteiger partial charge is 0.253 e. The number of amides is 2. The average molecular weight is 594 g/mol. The molecule has 0 aromatic heterocycles. The lowest BCUT2D eigenvalue weighted by atomic mass is 10.1. The van der Waals surface area contributed by atoms with Crippen LogP contribution in [0.1, 0.15) is 68.6 Å². The minimum Gasteiger partial charge on any atom is -0.495 e. The first-order valence-electron chi connectivity index (χ1n) is 16.2. The van der Waals surface area contributed by atoms with E-state index in [4.69, 9.17) is 9.47 Å². The van der Waals surface area contributed by atoms with Gasteiger partial charge in [0.25, 0.3) is 5.91 Å². The average Bonchev–Trinajstić information content (AvgIpc) is 3.05. The lowest BCUT2D eigenvalue weighted by molar-refractivity contribution is -0.116. The minimum absolute atomic E-state index is 0.00501. The first-order valence-corrected chi connectivity index (χ1v) is 16.2. The second kappa shape index (κ2) is 17.7. The molecule has 2 fully saturated rings. The summed E-state index contributed by atoms with van der Waals surface area (Å²) in [5.74, 6) is 0.761. The summed E-state index contributed by atoms with van der Waals surface area (Å²) in [6, 6.07) is 13.8. The Labute approximate surface area is 257 Å². The van der Waals surface area contributed by atoms with Gasteiger partial charge < -0.3 is 29.9 Å². The molecule has 4 rings (SSSR count). The SMILES string of the molecule is CCCCCCCCCC(=O)Nc1ccc(N2CCN(c3ccccc3OC)CC2)c(C(=O)NCCN2CCOCC2)c1. The molecule has 0 unspecified atom stereocenters. The Bertz CT molecular complexity index is 1150. The van der Waals surface area contributed by atoms with E-state index in [-0.39, 0.29) is 11.8 Å². The number of morpholine rings is 1. The maximum atomic E-state index is 13.6. The molecule has 0 atom stereocenters. The molecular formula is C34H51N5O4. The highest BCUT2D eigenvalue weighted by Gasteiger charge is 2.24. The van der Waals surface area contributed by atoms with E-state index < -0.39 is 0 Å². The van der Waals surface area contributed by atoms with Crippen LogP contribution in [0.25, 0.3) is 0 Å². The van der Waals surface area contributed by atoms with Crippen molar-refractivity contribution in [3.63, 3.8) is 0 Å². The number of rotatable bonds is 16. The number of piperazine rings is 1. The quantitative estimate of drug-likeness (QED) is 0.260. The number of nitrogens with one attached hydrogen (secondary N) is 2. The van der Waals surface area contributed by atoms with E-state index in [1.54, 1.807) is 7.11 Å². The Morgan fingerprint density at radius 3 is 2.23 bits per heavy atom. The van der Waals surface area contributed by atoms with Crippen LogP contribution in [0.5, 0.6) is 5.75 Å². The first kappa shape index (κ1) is 32.6. The van der Waals surface area contributed by atoms with Crippen LogP contribution in [0.3, 0.4) is 0 Å². The number of carbonyl (C=O) groups excluding carboxylic acids is 2. The number of ether oxygens (including phenoxy) is 2. The Balaban J connectivity index is 1.38. The Morgan fingerprint density at radius 1 is 0.837 bits per heavy atom. The minimum atomic E-state index is -0.112. The molecule has 9 nitrogen and oxygen atoms in total. The number of anilines is 3. The molecule has 2 aromatic carbocycles. The van der Waals surface area contributed by atoms with Gasteiger partial charge in [-0.05, 0) is 36.8 Å². The predicted molar refractivity (Wildman–Crippen MR) is 175 cm³/mol. The molecule has 2 aliphatic heterocycles. The van der Waals surface area contributed by atoms with Crippen molar-refractivity contribution in [2.45, 2.75) is 58.3 Å². The van der Waals surface area contributed by atoms with E-state index in [0.717, 1.165) is 89.0 Å². The molecule has 0 saturated carbocycles. The highest BCUT2D eigenvalue weighted by molar-refractivity contribution is 6.02. The molecule has 43 heavy (non-hydrogen) atoms. The third-order valence-electron chi connectivity index (χ3n) is 8.40. The lowest BCUT2D eigenvalue weighted by Gasteiger charge is -2.38. The van der Waals surface area contributed by atoms with Crippen LogP contribution in [0.2, 0.25) is 0 Å². The maximum Gasteiger partial charge on any atom is 0.253 e. The topological polar surface area (TPSA) is 86.4 Å². The van der Waals surface area contributed by atoms with Gasteiger partial charge in [-0.2, -0.15) is 0 Å². The zero-order valence-electron chi connectivity index (χ0n) is 26.2. The predicted octanol–water partition coefficient (Wildman–Crippen LogP) is 5.16. The zero-order valence-corrected chi connectivity index (χ0v) is 26.2. The fourth-order valence-corrected chi connectivity index (χ4v) is 5.86. The van der Waals surface area contributed by atoms with E-state index in [2.05, 4.69) is 38.3 Å². The zero-order chi connectivity index (χ0) is 30.3. The molecule has 2 N–H and O–H groups in total. The summed E-state index contributed by atoms with van der Waals surface area (Å²) in [5.41, 5.74) is 3.25. The number of hydrogen-bond acceptors (Lipinski definition) is 7. The van der Waals surface area contributed by atoms with Gasteiger partial charge in [0.2, 0.25) is 5.91 Å². The fourth-order valence-electron chi connectivity index (χ4n) is 5.86.